The van der Waals surface area contributed by atoms with Gasteiger partial charge in [-0.1, -0.05) is 20.3 Å². The summed E-state index contributed by atoms with van der Waals surface area (Å²) in [5, 5.41) is 8.46. The first-order valence-electron chi connectivity index (χ1n) is 5.56. The summed E-state index contributed by atoms with van der Waals surface area (Å²) in [6, 6.07) is -0.723. The van der Waals surface area contributed by atoms with Crippen molar-refractivity contribution in [2.24, 2.45) is 5.92 Å². The molecule has 0 spiro atoms. The highest BCUT2D eigenvalue weighted by atomic mass is 16.5. The maximum atomic E-state index is 11.8. The summed E-state index contributed by atoms with van der Waals surface area (Å²) in [4.78, 5) is 27.1. The number of esters is 1. The molecule has 4 N–H and O–H groups in total. The van der Waals surface area contributed by atoms with Gasteiger partial charge in [0.1, 0.15) is 6.04 Å². The molecular weight excluding hydrogens is 238 g/mol. The van der Waals surface area contributed by atoms with Crippen molar-refractivity contribution in [1.82, 2.24) is 20.5 Å². The second-order valence-corrected chi connectivity index (χ2v) is 3.90. The number of carbonyl (C=O) groups excluding carboxylic acids is 2. The number of ether oxygens (including phenoxy) is 1. The molecule has 100 valence electrons. The van der Waals surface area contributed by atoms with Crippen LogP contribution in [0.5, 0.6) is 0 Å². The van der Waals surface area contributed by atoms with Crippen LogP contribution >= 0.6 is 0 Å². The van der Waals surface area contributed by atoms with Crippen LogP contribution in [0.2, 0.25) is 0 Å². The smallest absolute Gasteiger partial charge is 0.328 e. The van der Waals surface area contributed by atoms with Gasteiger partial charge >= 0.3 is 5.97 Å². The van der Waals surface area contributed by atoms with E-state index in [1.165, 1.54) is 7.11 Å². The van der Waals surface area contributed by atoms with E-state index in [9.17, 15) is 9.59 Å². The Labute approximate surface area is 104 Å². The van der Waals surface area contributed by atoms with Crippen molar-refractivity contribution < 1.29 is 14.3 Å². The Kier molecular flexibility index (Phi) is 4.64. The van der Waals surface area contributed by atoms with Gasteiger partial charge in [0.15, 0.2) is 0 Å². The lowest BCUT2D eigenvalue weighted by molar-refractivity contribution is -0.144. The number of rotatable bonds is 5. The van der Waals surface area contributed by atoms with Crippen LogP contribution in [-0.4, -0.2) is 40.2 Å². The lowest BCUT2D eigenvalue weighted by atomic mass is 9.99. The van der Waals surface area contributed by atoms with E-state index < -0.39 is 17.9 Å². The number of amides is 1. The molecule has 2 unspecified atom stereocenters. The number of hydrogen-bond donors (Lipinski definition) is 3. The van der Waals surface area contributed by atoms with Gasteiger partial charge in [-0.3, -0.25) is 9.89 Å². The number of nitrogens with one attached hydrogen (secondary N) is 2. The van der Waals surface area contributed by atoms with E-state index in [1.54, 1.807) is 0 Å². The van der Waals surface area contributed by atoms with Crippen LogP contribution in [-0.2, 0) is 9.53 Å². The van der Waals surface area contributed by atoms with E-state index >= 15 is 0 Å². The van der Waals surface area contributed by atoms with Gasteiger partial charge < -0.3 is 15.8 Å². The van der Waals surface area contributed by atoms with Gasteiger partial charge in [0.2, 0.25) is 11.8 Å². The van der Waals surface area contributed by atoms with Crippen molar-refractivity contribution in [3.8, 4) is 0 Å². The molecule has 0 aliphatic rings. The number of nitrogens with two attached hydrogens (primary N) is 1. The molecular formula is C10H17N5O3. The number of nitrogens with zero attached hydrogens (tertiary/aromatic N) is 2. The number of hydrogen-bond acceptors (Lipinski definition) is 6. The van der Waals surface area contributed by atoms with Crippen molar-refractivity contribution in [3.63, 3.8) is 0 Å². The first kappa shape index (κ1) is 13.9. The molecule has 0 radical (unpaired) electrons. The van der Waals surface area contributed by atoms with Gasteiger partial charge in [-0.15, -0.1) is 5.10 Å². The normalized spacial score (nSPS) is 13.7. The van der Waals surface area contributed by atoms with E-state index in [0.29, 0.717) is 0 Å². The van der Waals surface area contributed by atoms with Crippen molar-refractivity contribution in [3.05, 3.63) is 5.82 Å². The van der Waals surface area contributed by atoms with E-state index in [0.717, 1.165) is 6.42 Å². The predicted molar refractivity (Wildman–Crippen MR) is 63.5 cm³/mol. The molecule has 1 aromatic rings. The molecule has 2 atom stereocenters. The minimum Gasteiger partial charge on any atom is -0.467 e. The molecule has 1 rings (SSSR count). The highest BCUT2D eigenvalue weighted by molar-refractivity contribution is 5.93. The molecule has 0 fully saturated rings. The highest BCUT2D eigenvalue weighted by Crippen LogP contribution is 2.09. The predicted octanol–water partition coefficient (Wildman–Crippen LogP) is -0.296. The first-order chi connectivity index (χ1) is 8.49. The van der Waals surface area contributed by atoms with E-state index in [-0.39, 0.29) is 17.7 Å². The second-order valence-electron chi connectivity index (χ2n) is 3.90. The monoisotopic (exact) mass is 255 g/mol. The summed E-state index contributed by atoms with van der Waals surface area (Å²) >= 11 is 0. The summed E-state index contributed by atoms with van der Waals surface area (Å²) in [5.74, 6) is -1.16. The van der Waals surface area contributed by atoms with E-state index in [4.69, 9.17) is 5.73 Å². The fourth-order valence-corrected chi connectivity index (χ4v) is 1.38. The molecule has 1 heterocycles. The van der Waals surface area contributed by atoms with Crippen LogP contribution in [0.25, 0.3) is 0 Å². The van der Waals surface area contributed by atoms with Crippen LogP contribution in [0.4, 0.5) is 5.95 Å². The number of aromatic amines is 1. The van der Waals surface area contributed by atoms with Crippen LogP contribution in [0, 0.1) is 5.92 Å². The third-order valence-electron chi connectivity index (χ3n) is 2.67. The van der Waals surface area contributed by atoms with E-state index in [2.05, 4.69) is 25.2 Å². The summed E-state index contributed by atoms with van der Waals surface area (Å²) in [6.07, 6.45) is 0.721. The zero-order valence-corrected chi connectivity index (χ0v) is 10.6. The average Bonchev–Trinajstić information content (AvgIpc) is 2.80. The zero-order chi connectivity index (χ0) is 13.7. The maximum absolute atomic E-state index is 11.8. The number of nitrogen functional groups attached to an aromatic ring is 1. The Balaban J connectivity index is 2.77. The zero-order valence-electron chi connectivity index (χ0n) is 10.6. The molecule has 18 heavy (non-hydrogen) atoms. The summed E-state index contributed by atoms with van der Waals surface area (Å²) < 4.78 is 4.65. The number of H-pyrrole nitrogens is 1. The lowest BCUT2D eigenvalue weighted by Gasteiger charge is -2.21. The molecule has 1 aromatic heterocycles. The Morgan fingerprint density at radius 2 is 2.22 bits per heavy atom. The number of carbonyl (C=O) groups is 2. The van der Waals surface area contributed by atoms with Gasteiger partial charge in [-0.05, 0) is 5.92 Å². The first-order valence-corrected chi connectivity index (χ1v) is 5.56. The molecule has 0 aliphatic carbocycles. The van der Waals surface area contributed by atoms with Gasteiger partial charge in [0.25, 0.3) is 5.91 Å². The minimum absolute atomic E-state index is 0.0293. The molecule has 8 nitrogen and oxygen atoms in total. The Bertz CT molecular complexity index is 431. The number of anilines is 1. The molecule has 0 aliphatic heterocycles. The topological polar surface area (TPSA) is 123 Å². The van der Waals surface area contributed by atoms with Gasteiger partial charge in [-0.25, -0.2) is 4.79 Å². The van der Waals surface area contributed by atoms with E-state index in [1.807, 2.05) is 13.8 Å². The van der Waals surface area contributed by atoms with Crippen LogP contribution in [0.3, 0.4) is 0 Å². The summed E-state index contributed by atoms with van der Waals surface area (Å²) in [7, 11) is 1.27. The third kappa shape index (κ3) is 3.19. The average molecular weight is 255 g/mol. The second kappa shape index (κ2) is 5.99. The number of methoxy groups -OCH3 is 1. The van der Waals surface area contributed by atoms with Crippen molar-refractivity contribution in [2.45, 2.75) is 26.3 Å². The fourth-order valence-electron chi connectivity index (χ4n) is 1.38. The van der Waals surface area contributed by atoms with Gasteiger partial charge in [-0.2, -0.15) is 4.98 Å². The SMILES string of the molecule is CCC(C)C(NC(=O)c1nc(N)n[nH]1)C(=O)OC. The molecule has 8 heteroatoms. The quantitative estimate of drug-likeness (QED) is 0.621. The Morgan fingerprint density at radius 1 is 1.56 bits per heavy atom. The maximum Gasteiger partial charge on any atom is 0.328 e. The van der Waals surface area contributed by atoms with Crippen LogP contribution < -0.4 is 11.1 Å². The highest BCUT2D eigenvalue weighted by Gasteiger charge is 2.27. The summed E-state index contributed by atoms with van der Waals surface area (Å²) in [5.41, 5.74) is 5.29. The molecule has 0 bridgehead atoms. The van der Waals surface area contributed by atoms with Crippen LogP contribution in [0.15, 0.2) is 0 Å². The lowest BCUT2D eigenvalue weighted by Crippen LogP contribution is -2.46. The fraction of sp³-hybridized carbons (Fsp3) is 0.600. The van der Waals surface area contributed by atoms with Crippen LogP contribution in [0.1, 0.15) is 30.9 Å². The third-order valence-corrected chi connectivity index (χ3v) is 2.67. The Morgan fingerprint density at radius 3 is 2.67 bits per heavy atom. The van der Waals surface area contributed by atoms with Crippen molar-refractivity contribution >= 4 is 17.8 Å². The largest absolute Gasteiger partial charge is 0.467 e. The number of aromatic nitrogens is 3. The summed E-state index contributed by atoms with van der Waals surface area (Å²) in [6.45, 7) is 3.76. The molecule has 0 saturated heterocycles. The molecule has 0 saturated carbocycles. The van der Waals surface area contributed by atoms with Crippen molar-refractivity contribution in [1.29, 1.82) is 0 Å². The minimum atomic E-state index is -0.723. The van der Waals surface area contributed by atoms with Crippen molar-refractivity contribution in [2.75, 3.05) is 12.8 Å². The van der Waals surface area contributed by atoms with Gasteiger partial charge in [0.05, 0.1) is 7.11 Å². The standard InChI is InChI=1S/C10H17N5O3/c1-4-5(2)6(9(17)18-3)12-8(16)7-13-10(11)15-14-7/h5-6H,4H2,1-3H3,(H,12,16)(H3,11,13,14,15). The Hall–Kier alpha value is -2.12. The molecule has 1 amide bonds. The molecule has 0 aromatic carbocycles. The van der Waals surface area contributed by atoms with Gasteiger partial charge in [0, 0.05) is 0 Å².